The predicted octanol–water partition coefficient (Wildman–Crippen LogP) is 2.56. The number of amides is 2. The van der Waals surface area contributed by atoms with Crippen molar-refractivity contribution in [1.82, 2.24) is 15.5 Å². The number of rotatable bonds is 9. The Morgan fingerprint density at radius 1 is 1.08 bits per heavy atom. The SMILES string of the molecule is CC(C)N(C)Cc1ccccc1CNC(=O)CCNC(=O)c1ccco1. The van der Waals surface area contributed by atoms with Crippen LogP contribution in [0.4, 0.5) is 0 Å². The van der Waals surface area contributed by atoms with Gasteiger partial charge in [0.25, 0.3) is 5.91 Å². The van der Waals surface area contributed by atoms with Crippen LogP contribution in [0, 0.1) is 0 Å². The largest absolute Gasteiger partial charge is 0.459 e. The molecule has 140 valence electrons. The minimum Gasteiger partial charge on any atom is -0.459 e. The molecular weight excluding hydrogens is 330 g/mol. The van der Waals surface area contributed by atoms with Crippen molar-refractivity contribution in [1.29, 1.82) is 0 Å². The fourth-order valence-electron chi connectivity index (χ4n) is 2.40. The molecule has 0 atom stereocenters. The van der Waals surface area contributed by atoms with Crippen molar-refractivity contribution in [3.63, 3.8) is 0 Å². The van der Waals surface area contributed by atoms with Gasteiger partial charge in [-0.1, -0.05) is 24.3 Å². The first-order chi connectivity index (χ1) is 12.5. The Balaban J connectivity index is 1.77. The molecule has 0 unspecified atom stereocenters. The molecule has 6 nitrogen and oxygen atoms in total. The van der Waals surface area contributed by atoms with Crippen LogP contribution in [0.3, 0.4) is 0 Å². The van der Waals surface area contributed by atoms with E-state index in [9.17, 15) is 9.59 Å². The Morgan fingerprint density at radius 3 is 2.46 bits per heavy atom. The van der Waals surface area contributed by atoms with Gasteiger partial charge in [-0.25, -0.2) is 0 Å². The third kappa shape index (κ3) is 6.04. The molecule has 0 fully saturated rings. The van der Waals surface area contributed by atoms with Crippen LogP contribution < -0.4 is 10.6 Å². The molecule has 0 spiro atoms. The van der Waals surface area contributed by atoms with Gasteiger partial charge in [-0.15, -0.1) is 0 Å². The zero-order valence-corrected chi connectivity index (χ0v) is 15.6. The Bertz CT molecular complexity index is 711. The molecule has 0 aliphatic carbocycles. The highest BCUT2D eigenvalue weighted by molar-refractivity contribution is 5.91. The van der Waals surface area contributed by atoms with Crippen molar-refractivity contribution in [3.8, 4) is 0 Å². The number of carbonyl (C=O) groups excluding carboxylic acids is 2. The molecule has 2 amide bonds. The van der Waals surface area contributed by atoms with Crippen molar-refractivity contribution in [2.45, 2.75) is 39.4 Å². The minimum atomic E-state index is -0.315. The van der Waals surface area contributed by atoms with Crippen molar-refractivity contribution < 1.29 is 14.0 Å². The van der Waals surface area contributed by atoms with Crippen LogP contribution in [-0.2, 0) is 17.9 Å². The van der Waals surface area contributed by atoms with Gasteiger partial charge in [0, 0.05) is 32.1 Å². The molecule has 1 aromatic heterocycles. The molecule has 2 N–H and O–H groups in total. The van der Waals surface area contributed by atoms with E-state index in [4.69, 9.17) is 4.42 Å². The molecule has 0 saturated heterocycles. The fourth-order valence-corrected chi connectivity index (χ4v) is 2.40. The third-order valence-corrected chi connectivity index (χ3v) is 4.28. The van der Waals surface area contributed by atoms with E-state index in [-0.39, 0.29) is 30.5 Å². The van der Waals surface area contributed by atoms with Gasteiger partial charge in [-0.2, -0.15) is 0 Å². The number of benzene rings is 1. The van der Waals surface area contributed by atoms with E-state index in [1.54, 1.807) is 12.1 Å². The molecule has 0 saturated carbocycles. The summed E-state index contributed by atoms with van der Waals surface area (Å²) in [6.45, 7) is 5.89. The van der Waals surface area contributed by atoms with E-state index in [2.05, 4.69) is 42.5 Å². The Kier molecular flexibility index (Phi) is 7.41. The van der Waals surface area contributed by atoms with E-state index in [1.807, 2.05) is 18.2 Å². The summed E-state index contributed by atoms with van der Waals surface area (Å²) in [5, 5.41) is 5.58. The average Bonchev–Trinajstić information content (AvgIpc) is 3.15. The molecule has 0 aliphatic heterocycles. The lowest BCUT2D eigenvalue weighted by molar-refractivity contribution is -0.121. The molecular formula is C20H27N3O3. The Morgan fingerprint density at radius 2 is 1.81 bits per heavy atom. The van der Waals surface area contributed by atoms with Gasteiger partial charge in [0.1, 0.15) is 0 Å². The molecule has 6 heteroatoms. The standard InChI is InChI=1S/C20H27N3O3/c1-15(2)23(3)14-17-8-5-4-7-16(17)13-22-19(24)10-11-21-20(25)18-9-6-12-26-18/h4-9,12,15H,10-11,13-14H2,1-3H3,(H,21,25)(H,22,24). The third-order valence-electron chi connectivity index (χ3n) is 4.28. The summed E-state index contributed by atoms with van der Waals surface area (Å²) in [5.41, 5.74) is 2.31. The number of carbonyl (C=O) groups is 2. The first-order valence-electron chi connectivity index (χ1n) is 8.82. The summed E-state index contributed by atoms with van der Waals surface area (Å²) in [5.74, 6) is -0.171. The van der Waals surface area contributed by atoms with Crippen LogP contribution in [0.1, 0.15) is 41.9 Å². The smallest absolute Gasteiger partial charge is 0.286 e. The van der Waals surface area contributed by atoms with Gasteiger partial charge in [-0.05, 0) is 44.2 Å². The van der Waals surface area contributed by atoms with Gasteiger partial charge >= 0.3 is 0 Å². The van der Waals surface area contributed by atoms with Crippen molar-refractivity contribution >= 4 is 11.8 Å². The maximum Gasteiger partial charge on any atom is 0.286 e. The van der Waals surface area contributed by atoms with Gasteiger partial charge in [-0.3, -0.25) is 14.5 Å². The van der Waals surface area contributed by atoms with Gasteiger partial charge < -0.3 is 15.1 Å². The van der Waals surface area contributed by atoms with Gasteiger partial charge in [0.15, 0.2) is 5.76 Å². The molecule has 0 bridgehead atoms. The monoisotopic (exact) mass is 357 g/mol. The van der Waals surface area contributed by atoms with E-state index in [0.717, 1.165) is 12.1 Å². The van der Waals surface area contributed by atoms with Crippen LogP contribution in [0.5, 0.6) is 0 Å². The Hall–Kier alpha value is -2.60. The van der Waals surface area contributed by atoms with Crippen LogP contribution in [0.15, 0.2) is 47.1 Å². The maximum atomic E-state index is 12.0. The highest BCUT2D eigenvalue weighted by Crippen LogP contribution is 2.12. The first-order valence-corrected chi connectivity index (χ1v) is 8.82. The molecule has 2 aromatic rings. The molecule has 0 aliphatic rings. The topological polar surface area (TPSA) is 74.6 Å². The number of nitrogens with zero attached hydrogens (tertiary/aromatic N) is 1. The van der Waals surface area contributed by atoms with E-state index < -0.39 is 0 Å². The van der Waals surface area contributed by atoms with Gasteiger partial charge in [0.2, 0.25) is 5.91 Å². The number of hydrogen-bond donors (Lipinski definition) is 2. The molecule has 1 aromatic carbocycles. The first kappa shape index (κ1) is 19.7. The second-order valence-electron chi connectivity index (χ2n) is 6.54. The highest BCUT2D eigenvalue weighted by atomic mass is 16.3. The maximum absolute atomic E-state index is 12.0. The van der Waals surface area contributed by atoms with E-state index >= 15 is 0 Å². The summed E-state index contributed by atoms with van der Waals surface area (Å²) in [6, 6.07) is 11.8. The number of nitrogens with one attached hydrogen (secondary N) is 2. The predicted molar refractivity (Wildman–Crippen MR) is 101 cm³/mol. The lowest BCUT2D eigenvalue weighted by Gasteiger charge is -2.22. The summed E-state index contributed by atoms with van der Waals surface area (Å²) < 4.78 is 5.00. The lowest BCUT2D eigenvalue weighted by Crippen LogP contribution is -2.31. The summed E-state index contributed by atoms with van der Waals surface area (Å²) >= 11 is 0. The van der Waals surface area contributed by atoms with Crippen LogP contribution >= 0.6 is 0 Å². The normalized spacial score (nSPS) is 11.0. The summed E-state index contributed by atoms with van der Waals surface area (Å²) in [6.07, 6.45) is 1.66. The average molecular weight is 357 g/mol. The minimum absolute atomic E-state index is 0.100. The second kappa shape index (κ2) is 9.77. The van der Waals surface area contributed by atoms with Crippen molar-refractivity contribution in [3.05, 3.63) is 59.5 Å². The number of furan rings is 1. The van der Waals surface area contributed by atoms with Crippen LogP contribution in [0.25, 0.3) is 0 Å². The lowest BCUT2D eigenvalue weighted by atomic mass is 10.1. The zero-order chi connectivity index (χ0) is 18.9. The number of hydrogen-bond acceptors (Lipinski definition) is 4. The quantitative estimate of drug-likeness (QED) is 0.723. The fraction of sp³-hybridized carbons (Fsp3) is 0.400. The van der Waals surface area contributed by atoms with E-state index in [1.165, 1.54) is 11.8 Å². The van der Waals surface area contributed by atoms with Crippen molar-refractivity contribution in [2.75, 3.05) is 13.6 Å². The van der Waals surface area contributed by atoms with Crippen LogP contribution in [0.2, 0.25) is 0 Å². The Labute approximate surface area is 154 Å². The summed E-state index contributed by atoms with van der Waals surface area (Å²) in [4.78, 5) is 26.0. The highest BCUT2D eigenvalue weighted by Gasteiger charge is 2.10. The second-order valence-corrected chi connectivity index (χ2v) is 6.54. The van der Waals surface area contributed by atoms with Crippen molar-refractivity contribution in [2.24, 2.45) is 0 Å². The molecule has 2 rings (SSSR count). The van der Waals surface area contributed by atoms with Crippen LogP contribution in [-0.4, -0.2) is 36.3 Å². The molecule has 0 radical (unpaired) electrons. The summed E-state index contributed by atoms with van der Waals surface area (Å²) in [7, 11) is 2.09. The van der Waals surface area contributed by atoms with E-state index in [0.29, 0.717) is 12.6 Å². The molecule has 1 heterocycles. The molecule has 26 heavy (non-hydrogen) atoms. The zero-order valence-electron chi connectivity index (χ0n) is 15.6. The van der Waals surface area contributed by atoms with Gasteiger partial charge in [0.05, 0.1) is 6.26 Å².